The summed E-state index contributed by atoms with van der Waals surface area (Å²) in [5, 5.41) is 2.45. The summed E-state index contributed by atoms with van der Waals surface area (Å²) in [6, 6.07) is 7.68. The molecule has 1 aromatic carbocycles. The van der Waals surface area contributed by atoms with Crippen molar-refractivity contribution in [3.63, 3.8) is 0 Å². The molecule has 0 bridgehead atoms. The number of rotatable bonds is 7. The zero-order chi connectivity index (χ0) is 21.1. The number of benzene rings is 1. The van der Waals surface area contributed by atoms with E-state index >= 15 is 0 Å². The highest BCUT2D eigenvalue weighted by molar-refractivity contribution is 7.22. The van der Waals surface area contributed by atoms with Crippen LogP contribution in [0, 0.1) is 5.82 Å². The van der Waals surface area contributed by atoms with Crippen molar-refractivity contribution >= 4 is 39.4 Å². The van der Waals surface area contributed by atoms with E-state index < -0.39 is 11.7 Å². The molecule has 0 radical (unpaired) electrons. The number of aryl methyl sites for hydroxylation is 1. The average Bonchev–Trinajstić information content (AvgIpc) is 3.37. The van der Waals surface area contributed by atoms with Gasteiger partial charge in [-0.3, -0.25) is 9.78 Å². The second-order valence-corrected chi connectivity index (χ2v) is 7.44. The molecule has 0 aliphatic rings. The zero-order valence-electron chi connectivity index (χ0n) is 16.0. The van der Waals surface area contributed by atoms with Crippen LogP contribution in [0.15, 0.2) is 49.1 Å². The number of aromatic nitrogens is 3. The Morgan fingerprint density at radius 2 is 2.13 bits per heavy atom. The summed E-state index contributed by atoms with van der Waals surface area (Å²) in [5.41, 5.74) is 1.82. The molecule has 0 aliphatic heterocycles. The molecule has 0 saturated carbocycles. The Balaban J connectivity index is 1.60. The summed E-state index contributed by atoms with van der Waals surface area (Å²) in [4.78, 5) is 31.6. The minimum absolute atomic E-state index is 0.0149. The molecule has 7 nitrogen and oxygen atoms in total. The predicted molar refractivity (Wildman–Crippen MR) is 112 cm³/mol. The van der Waals surface area contributed by atoms with Crippen LogP contribution < -0.4 is 10.1 Å². The number of fused-ring (bicyclic) bond motifs is 1. The van der Waals surface area contributed by atoms with Gasteiger partial charge in [-0.05, 0) is 25.1 Å². The van der Waals surface area contributed by atoms with Crippen LogP contribution in [0.25, 0.3) is 20.8 Å². The molecule has 0 atom stereocenters. The molecule has 0 unspecified atom stereocenters. The minimum atomic E-state index is -0.637. The zero-order valence-corrected chi connectivity index (χ0v) is 16.8. The van der Waals surface area contributed by atoms with Gasteiger partial charge in [0.05, 0.1) is 33.5 Å². The normalized spacial score (nSPS) is 10.9. The number of carbonyl (C=O) groups is 2. The van der Waals surface area contributed by atoms with Crippen LogP contribution in [-0.2, 0) is 16.1 Å². The van der Waals surface area contributed by atoms with E-state index in [4.69, 9.17) is 4.74 Å². The number of thiophene rings is 1. The van der Waals surface area contributed by atoms with Crippen molar-refractivity contribution < 1.29 is 18.7 Å². The molecule has 4 rings (SSSR count). The second-order valence-electron chi connectivity index (χ2n) is 6.39. The van der Waals surface area contributed by atoms with Gasteiger partial charge >= 0.3 is 0 Å². The van der Waals surface area contributed by atoms with Crippen molar-refractivity contribution in [1.82, 2.24) is 14.5 Å². The summed E-state index contributed by atoms with van der Waals surface area (Å²) in [6.07, 6.45) is 5.54. The Bertz CT molecular complexity index is 1230. The number of anilines is 1. The van der Waals surface area contributed by atoms with Gasteiger partial charge in [-0.1, -0.05) is 0 Å². The van der Waals surface area contributed by atoms with Gasteiger partial charge in [0.1, 0.15) is 12.0 Å². The first kappa shape index (κ1) is 19.7. The molecule has 0 spiro atoms. The number of nitrogens with zero attached hydrogens (tertiary/aromatic N) is 3. The molecule has 3 heterocycles. The molecule has 9 heteroatoms. The molecule has 1 amide bonds. The number of hydrogen-bond donors (Lipinski definition) is 1. The van der Waals surface area contributed by atoms with Crippen LogP contribution >= 0.6 is 11.3 Å². The van der Waals surface area contributed by atoms with Crippen LogP contribution in [0.1, 0.15) is 13.3 Å². The van der Waals surface area contributed by atoms with E-state index in [9.17, 15) is 14.0 Å². The van der Waals surface area contributed by atoms with Gasteiger partial charge < -0.3 is 19.4 Å². The third kappa shape index (κ3) is 4.06. The molecule has 152 valence electrons. The van der Waals surface area contributed by atoms with Gasteiger partial charge in [-0.2, -0.15) is 0 Å². The Kier molecular flexibility index (Phi) is 5.53. The Hall–Kier alpha value is -3.59. The quantitative estimate of drug-likeness (QED) is 0.345. The molecule has 0 saturated heterocycles. The van der Waals surface area contributed by atoms with Gasteiger partial charge in [0.15, 0.2) is 11.6 Å². The van der Waals surface area contributed by atoms with Crippen molar-refractivity contribution in [2.24, 2.45) is 0 Å². The molecular weight excluding hydrogens is 407 g/mol. The van der Waals surface area contributed by atoms with Gasteiger partial charge in [-0.25, -0.2) is 9.37 Å². The maximum atomic E-state index is 14.5. The van der Waals surface area contributed by atoms with Crippen molar-refractivity contribution in [3.05, 3.63) is 54.9 Å². The van der Waals surface area contributed by atoms with E-state index in [1.165, 1.54) is 23.5 Å². The molecule has 0 aliphatic carbocycles. The van der Waals surface area contributed by atoms with Crippen molar-refractivity contribution in [3.8, 4) is 22.1 Å². The maximum Gasteiger partial charge on any atom is 0.231 e. The van der Waals surface area contributed by atoms with E-state index in [-0.39, 0.29) is 17.9 Å². The van der Waals surface area contributed by atoms with E-state index in [1.807, 2.05) is 23.8 Å². The third-order valence-corrected chi connectivity index (χ3v) is 5.49. The number of halogens is 1. The fourth-order valence-corrected chi connectivity index (χ4v) is 3.88. The van der Waals surface area contributed by atoms with E-state index in [1.54, 1.807) is 18.6 Å². The standard InChI is InChI=1S/C21H17FN4O3S/c1-2-26-11-16(24-12-26)19-10-15-21(30-19)18(5-7-23-15)29-17-4-3-13(9-14(17)22)25-20(28)6-8-27/h3-5,7-12H,2,6H2,1H3,(H,25,28). The highest BCUT2D eigenvalue weighted by Gasteiger charge is 2.14. The van der Waals surface area contributed by atoms with Crippen LogP contribution in [-0.4, -0.2) is 26.7 Å². The van der Waals surface area contributed by atoms with E-state index in [2.05, 4.69) is 15.3 Å². The van der Waals surface area contributed by atoms with Crippen molar-refractivity contribution in [2.75, 3.05) is 5.32 Å². The summed E-state index contributed by atoms with van der Waals surface area (Å²) >= 11 is 1.47. The van der Waals surface area contributed by atoms with Crippen LogP contribution in [0.2, 0.25) is 0 Å². The lowest BCUT2D eigenvalue weighted by Crippen LogP contribution is -2.11. The van der Waals surface area contributed by atoms with Gasteiger partial charge in [-0.15, -0.1) is 11.3 Å². The van der Waals surface area contributed by atoms with Gasteiger partial charge in [0.25, 0.3) is 0 Å². The molecule has 3 aromatic heterocycles. The third-order valence-electron chi connectivity index (χ3n) is 4.33. The average molecular weight is 424 g/mol. The van der Waals surface area contributed by atoms with Gasteiger partial charge in [0, 0.05) is 36.8 Å². The van der Waals surface area contributed by atoms with Crippen LogP contribution in [0.3, 0.4) is 0 Å². The van der Waals surface area contributed by atoms with Crippen molar-refractivity contribution in [2.45, 2.75) is 19.9 Å². The highest BCUT2D eigenvalue weighted by atomic mass is 32.1. The first-order valence-corrected chi connectivity index (χ1v) is 10.0. The highest BCUT2D eigenvalue weighted by Crippen LogP contribution is 2.39. The topological polar surface area (TPSA) is 86.1 Å². The van der Waals surface area contributed by atoms with Crippen molar-refractivity contribution in [1.29, 1.82) is 0 Å². The summed E-state index contributed by atoms with van der Waals surface area (Å²) in [6.45, 7) is 2.87. The molecule has 1 N–H and O–H groups in total. The lowest BCUT2D eigenvalue weighted by atomic mass is 10.2. The fourth-order valence-electron chi connectivity index (χ4n) is 2.85. The summed E-state index contributed by atoms with van der Waals surface area (Å²) in [7, 11) is 0. The Morgan fingerprint density at radius 3 is 2.87 bits per heavy atom. The number of aldehydes is 1. The Labute approximate surface area is 175 Å². The number of carbonyl (C=O) groups excluding carboxylic acids is 2. The number of hydrogen-bond acceptors (Lipinski definition) is 6. The first-order valence-electron chi connectivity index (χ1n) is 9.19. The lowest BCUT2D eigenvalue weighted by Gasteiger charge is -2.09. The summed E-state index contributed by atoms with van der Waals surface area (Å²) < 4.78 is 23.1. The number of pyridine rings is 1. The lowest BCUT2D eigenvalue weighted by molar-refractivity contribution is -0.119. The number of nitrogens with one attached hydrogen (secondary N) is 1. The Morgan fingerprint density at radius 1 is 1.27 bits per heavy atom. The predicted octanol–water partition coefficient (Wildman–Crippen LogP) is 4.64. The monoisotopic (exact) mass is 424 g/mol. The number of amides is 1. The number of imidazole rings is 1. The van der Waals surface area contributed by atoms with E-state index in [0.717, 1.165) is 33.4 Å². The first-order chi connectivity index (χ1) is 14.6. The SMILES string of the molecule is CCn1cnc(-c2cc3nccc(Oc4ccc(NC(=O)CC=O)cc4F)c3s2)c1. The fraction of sp³-hybridized carbons (Fsp3) is 0.143. The smallest absolute Gasteiger partial charge is 0.231 e. The van der Waals surface area contributed by atoms with Crippen LogP contribution in [0.4, 0.5) is 10.1 Å². The summed E-state index contributed by atoms with van der Waals surface area (Å²) in [5.74, 6) is -0.656. The number of ether oxygens (including phenoxy) is 1. The van der Waals surface area contributed by atoms with E-state index in [0.29, 0.717) is 12.0 Å². The maximum absolute atomic E-state index is 14.5. The minimum Gasteiger partial charge on any atom is -0.453 e. The largest absolute Gasteiger partial charge is 0.453 e. The molecule has 30 heavy (non-hydrogen) atoms. The molecular formula is C21H17FN4O3S. The molecule has 4 aromatic rings. The molecule has 0 fully saturated rings. The second kappa shape index (κ2) is 8.42. The van der Waals surface area contributed by atoms with Crippen LogP contribution in [0.5, 0.6) is 11.5 Å². The van der Waals surface area contributed by atoms with Gasteiger partial charge in [0.2, 0.25) is 5.91 Å².